The van der Waals surface area contributed by atoms with Crippen LogP contribution >= 0.6 is 0 Å². The van der Waals surface area contributed by atoms with E-state index in [1.807, 2.05) is 0 Å². The summed E-state index contributed by atoms with van der Waals surface area (Å²) in [6, 6.07) is 4.18. The van der Waals surface area contributed by atoms with E-state index in [1.54, 1.807) is 6.20 Å². The molecule has 2 aromatic rings. The molecule has 0 radical (unpaired) electrons. The second-order valence-corrected chi connectivity index (χ2v) is 6.82. The number of alkyl halides is 3. The maximum atomic E-state index is 12.4. The molecule has 2 heterocycles. The third-order valence-corrected chi connectivity index (χ3v) is 5.15. The lowest BCUT2D eigenvalue weighted by atomic mass is 10.2. The van der Waals surface area contributed by atoms with Gasteiger partial charge in [0.05, 0.1) is 17.1 Å². The van der Waals surface area contributed by atoms with Crippen LogP contribution in [-0.4, -0.2) is 47.2 Å². The normalized spacial score (nSPS) is 17.0. The predicted octanol–water partition coefficient (Wildman–Crippen LogP) is 1.42. The second-order valence-electron chi connectivity index (χ2n) is 4.88. The zero-order valence-corrected chi connectivity index (χ0v) is 12.3. The lowest BCUT2D eigenvalue weighted by Crippen LogP contribution is -2.50. The predicted molar refractivity (Wildman–Crippen MR) is 70.9 cm³/mol. The van der Waals surface area contributed by atoms with Gasteiger partial charge in [-0.2, -0.15) is 4.31 Å². The first-order valence-corrected chi connectivity index (χ1v) is 7.91. The minimum absolute atomic E-state index is 0.137. The van der Waals surface area contributed by atoms with E-state index in [2.05, 4.69) is 15.0 Å². The van der Waals surface area contributed by atoms with Crippen molar-refractivity contribution in [1.29, 1.82) is 0 Å². The molecule has 1 aliphatic rings. The van der Waals surface area contributed by atoms with Gasteiger partial charge in [0, 0.05) is 25.4 Å². The van der Waals surface area contributed by atoms with Crippen molar-refractivity contribution in [3.8, 4) is 5.75 Å². The zero-order chi connectivity index (χ0) is 16.7. The van der Waals surface area contributed by atoms with Crippen molar-refractivity contribution < 1.29 is 26.3 Å². The maximum absolute atomic E-state index is 12.4. The van der Waals surface area contributed by atoms with Gasteiger partial charge in [0.25, 0.3) is 0 Å². The van der Waals surface area contributed by atoms with Gasteiger partial charge >= 0.3 is 6.36 Å². The van der Waals surface area contributed by atoms with E-state index in [-0.39, 0.29) is 24.0 Å². The molecule has 1 aromatic carbocycles. The summed E-state index contributed by atoms with van der Waals surface area (Å²) < 4.78 is 67.9. The Hall–Kier alpha value is -2.14. The van der Waals surface area contributed by atoms with E-state index in [0.29, 0.717) is 0 Å². The molecule has 0 atom stereocenters. The Morgan fingerprint density at radius 2 is 2.00 bits per heavy atom. The fourth-order valence-electron chi connectivity index (χ4n) is 2.17. The molecule has 0 N–H and O–H groups in total. The molecule has 124 valence electrons. The number of rotatable bonds is 4. The van der Waals surface area contributed by atoms with Crippen LogP contribution in [0.4, 0.5) is 13.2 Å². The number of hydrogen-bond donors (Lipinski definition) is 0. The quantitative estimate of drug-likeness (QED) is 0.835. The first-order valence-electron chi connectivity index (χ1n) is 6.47. The molecule has 0 unspecified atom stereocenters. The van der Waals surface area contributed by atoms with Crippen molar-refractivity contribution in [2.45, 2.75) is 17.3 Å². The summed E-state index contributed by atoms with van der Waals surface area (Å²) in [6.45, 7) is 0.353. The number of ether oxygens (including phenoxy) is 1. The van der Waals surface area contributed by atoms with Crippen LogP contribution < -0.4 is 4.74 Å². The third kappa shape index (κ3) is 3.29. The van der Waals surface area contributed by atoms with E-state index in [0.717, 1.165) is 16.4 Å². The molecule has 11 heteroatoms. The molecule has 0 spiro atoms. The third-order valence-electron chi connectivity index (χ3n) is 3.32. The van der Waals surface area contributed by atoms with Gasteiger partial charge in [-0.1, -0.05) is 11.3 Å². The minimum atomic E-state index is -4.88. The number of benzene rings is 1. The highest BCUT2D eigenvalue weighted by atomic mass is 32.2. The van der Waals surface area contributed by atoms with E-state index < -0.39 is 22.1 Å². The lowest BCUT2D eigenvalue weighted by Gasteiger charge is -2.37. The first kappa shape index (κ1) is 15.7. The summed E-state index contributed by atoms with van der Waals surface area (Å²) in [6.07, 6.45) is -1.78. The zero-order valence-electron chi connectivity index (χ0n) is 11.5. The largest absolute Gasteiger partial charge is 0.573 e. The van der Waals surface area contributed by atoms with Crippen LogP contribution in [0.1, 0.15) is 6.04 Å². The number of hydrogen-bond acceptors (Lipinski definition) is 5. The number of nitrogens with zero attached hydrogens (tertiary/aromatic N) is 4. The monoisotopic (exact) mass is 348 g/mol. The standard InChI is InChI=1S/C12H11F3N4O3S/c13-12(14,15)22-10-2-1-3-11(6-10)23(20,21)18-7-9(8-18)19-5-4-16-17-19/h1-6,9H,7-8H2. The Morgan fingerprint density at radius 1 is 1.26 bits per heavy atom. The smallest absolute Gasteiger partial charge is 0.406 e. The summed E-state index contributed by atoms with van der Waals surface area (Å²) in [4.78, 5) is -0.253. The van der Waals surface area contributed by atoms with Gasteiger partial charge in [0.1, 0.15) is 5.75 Å². The van der Waals surface area contributed by atoms with Gasteiger partial charge in [0.15, 0.2) is 0 Å². The highest BCUT2D eigenvalue weighted by Crippen LogP contribution is 2.30. The molecule has 23 heavy (non-hydrogen) atoms. The van der Waals surface area contributed by atoms with Gasteiger partial charge in [0.2, 0.25) is 10.0 Å². The van der Waals surface area contributed by atoms with Crippen LogP contribution in [-0.2, 0) is 10.0 Å². The minimum Gasteiger partial charge on any atom is -0.406 e. The summed E-state index contributed by atoms with van der Waals surface area (Å²) in [5.74, 6) is -0.577. The Labute approximate surface area is 129 Å². The topological polar surface area (TPSA) is 77.3 Å². The number of sulfonamides is 1. The van der Waals surface area contributed by atoms with Gasteiger partial charge in [-0.05, 0) is 12.1 Å². The molecule has 0 bridgehead atoms. The van der Waals surface area contributed by atoms with E-state index in [9.17, 15) is 21.6 Å². The lowest BCUT2D eigenvalue weighted by molar-refractivity contribution is -0.274. The van der Waals surface area contributed by atoms with Crippen molar-refractivity contribution in [1.82, 2.24) is 19.3 Å². The highest BCUT2D eigenvalue weighted by Gasteiger charge is 2.38. The summed E-state index contributed by atoms with van der Waals surface area (Å²) in [7, 11) is -3.88. The molecule has 0 saturated carbocycles. The Bertz CT molecular complexity index is 786. The van der Waals surface area contributed by atoms with Crippen LogP contribution in [0.25, 0.3) is 0 Å². The van der Waals surface area contributed by atoms with Crippen molar-refractivity contribution in [2.75, 3.05) is 13.1 Å². The number of halogens is 3. The van der Waals surface area contributed by atoms with Crippen LogP contribution in [0, 0.1) is 0 Å². The fraction of sp³-hybridized carbons (Fsp3) is 0.333. The van der Waals surface area contributed by atoms with Gasteiger partial charge in [-0.3, -0.25) is 0 Å². The maximum Gasteiger partial charge on any atom is 0.573 e. The fourth-order valence-corrected chi connectivity index (χ4v) is 3.72. The van der Waals surface area contributed by atoms with E-state index in [4.69, 9.17) is 0 Å². The Kier molecular flexibility index (Phi) is 3.76. The molecule has 1 fully saturated rings. The van der Waals surface area contributed by atoms with Crippen molar-refractivity contribution in [2.24, 2.45) is 0 Å². The summed E-state index contributed by atoms with van der Waals surface area (Å²) in [5.41, 5.74) is 0. The molecular weight excluding hydrogens is 337 g/mol. The molecule has 3 rings (SSSR count). The van der Waals surface area contributed by atoms with Gasteiger partial charge in [-0.15, -0.1) is 18.3 Å². The summed E-state index contributed by atoms with van der Waals surface area (Å²) >= 11 is 0. The van der Waals surface area contributed by atoms with Crippen molar-refractivity contribution in [3.63, 3.8) is 0 Å². The Balaban J connectivity index is 1.75. The van der Waals surface area contributed by atoms with Crippen molar-refractivity contribution in [3.05, 3.63) is 36.7 Å². The molecule has 1 saturated heterocycles. The highest BCUT2D eigenvalue weighted by molar-refractivity contribution is 7.89. The average molecular weight is 348 g/mol. The van der Waals surface area contributed by atoms with Crippen LogP contribution in [0.3, 0.4) is 0 Å². The van der Waals surface area contributed by atoms with E-state index in [1.165, 1.54) is 23.0 Å². The first-order chi connectivity index (χ1) is 10.8. The summed E-state index contributed by atoms with van der Waals surface area (Å²) in [5, 5.41) is 7.42. The molecule has 1 aromatic heterocycles. The second kappa shape index (κ2) is 5.49. The SMILES string of the molecule is O=S(=O)(c1cccc(OC(F)(F)F)c1)N1CC(n2ccnn2)C1. The van der Waals surface area contributed by atoms with Crippen LogP contribution in [0.15, 0.2) is 41.6 Å². The number of aromatic nitrogens is 3. The average Bonchev–Trinajstić information content (AvgIpc) is 2.88. The Morgan fingerprint density at radius 3 is 2.61 bits per heavy atom. The van der Waals surface area contributed by atoms with E-state index >= 15 is 0 Å². The van der Waals surface area contributed by atoms with Gasteiger partial charge in [-0.25, -0.2) is 13.1 Å². The molecule has 0 amide bonds. The van der Waals surface area contributed by atoms with Crippen molar-refractivity contribution >= 4 is 10.0 Å². The molecule has 0 aliphatic carbocycles. The molecule has 7 nitrogen and oxygen atoms in total. The van der Waals surface area contributed by atoms with Crippen LogP contribution in [0.5, 0.6) is 5.75 Å². The van der Waals surface area contributed by atoms with Gasteiger partial charge < -0.3 is 4.74 Å². The molecular formula is C12H11F3N4O3S. The molecule has 1 aliphatic heterocycles. The van der Waals surface area contributed by atoms with Crippen LogP contribution in [0.2, 0.25) is 0 Å².